The third-order valence-corrected chi connectivity index (χ3v) is 3.31. The zero-order chi connectivity index (χ0) is 17.2. The fraction of sp³-hybridized carbons (Fsp3) is 0.294. The molecule has 1 heterocycles. The maximum atomic E-state index is 11.7. The van der Waals surface area contributed by atoms with Gasteiger partial charge in [-0.25, -0.2) is 9.78 Å². The molecule has 2 aromatic rings. The summed E-state index contributed by atoms with van der Waals surface area (Å²) in [6, 6.07) is 9.47. The maximum absolute atomic E-state index is 11.7. The Hall–Kier alpha value is -2.08. The smallest absolute Gasteiger partial charge is 0.358 e. The fourth-order valence-corrected chi connectivity index (χ4v) is 2.11. The Morgan fingerprint density at radius 2 is 1.87 bits per heavy atom. The third-order valence-electron chi connectivity index (χ3n) is 2.88. The van der Waals surface area contributed by atoms with Gasteiger partial charge >= 0.3 is 5.97 Å². The second kappa shape index (κ2) is 9.84. The van der Waals surface area contributed by atoms with Crippen molar-refractivity contribution in [1.82, 2.24) is 4.98 Å². The van der Waals surface area contributed by atoms with Crippen molar-refractivity contribution in [1.29, 1.82) is 0 Å². The first-order valence-corrected chi connectivity index (χ1v) is 8.04. The Labute approximate surface area is 145 Å². The lowest BCUT2D eigenvalue weighted by molar-refractivity contribution is 0.0595. The second-order valence-corrected chi connectivity index (χ2v) is 5.16. The highest BCUT2D eigenvalue weighted by Gasteiger charge is 2.13. The van der Waals surface area contributed by atoms with Gasteiger partial charge in [-0.05, 0) is 39.7 Å². The summed E-state index contributed by atoms with van der Waals surface area (Å²) in [4.78, 5) is 15.8. The summed E-state index contributed by atoms with van der Waals surface area (Å²) in [7, 11) is 2.96. The summed E-state index contributed by atoms with van der Waals surface area (Å²) < 4.78 is 10.6. The number of methoxy groups -OCH3 is 2. The Morgan fingerprint density at radius 1 is 1.22 bits per heavy atom. The van der Waals surface area contributed by atoms with Crippen molar-refractivity contribution in [3.05, 3.63) is 52.3 Å². The van der Waals surface area contributed by atoms with Crippen LogP contribution in [0.2, 0.25) is 0 Å². The van der Waals surface area contributed by atoms with Gasteiger partial charge in [0.15, 0.2) is 5.69 Å². The number of hydrogen-bond donors (Lipinski definition) is 1. The van der Waals surface area contributed by atoms with Gasteiger partial charge in [-0.1, -0.05) is 26.0 Å². The molecule has 0 saturated carbocycles. The first-order chi connectivity index (χ1) is 11.1. The van der Waals surface area contributed by atoms with Crippen LogP contribution >= 0.6 is 15.9 Å². The van der Waals surface area contributed by atoms with Gasteiger partial charge in [0.1, 0.15) is 5.75 Å². The van der Waals surface area contributed by atoms with E-state index in [0.29, 0.717) is 12.2 Å². The molecule has 1 aromatic heterocycles. The molecular weight excluding hydrogens is 360 g/mol. The molecule has 0 bridgehead atoms. The van der Waals surface area contributed by atoms with Crippen LogP contribution < -0.4 is 10.1 Å². The summed E-state index contributed by atoms with van der Waals surface area (Å²) >= 11 is 3.34. The van der Waals surface area contributed by atoms with Crippen LogP contribution in [0.1, 0.15) is 29.9 Å². The van der Waals surface area contributed by atoms with Crippen LogP contribution in [0.15, 0.2) is 41.0 Å². The minimum atomic E-state index is -0.472. The number of carbonyl (C=O) groups is 1. The van der Waals surface area contributed by atoms with Crippen LogP contribution in [0.4, 0.5) is 5.69 Å². The molecular formula is C17H21BrN2O3. The number of esters is 1. The largest absolute Gasteiger partial charge is 0.497 e. The highest BCUT2D eigenvalue weighted by atomic mass is 79.9. The molecule has 0 aliphatic rings. The average molecular weight is 381 g/mol. The van der Waals surface area contributed by atoms with Crippen molar-refractivity contribution in [2.24, 2.45) is 0 Å². The van der Waals surface area contributed by atoms with Crippen LogP contribution in [0, 0.1) is 0 Å². The van der Waals surface area contributed by atoms with Crippen LogP contribution in [-0.2, 0) is 11.3 Å². The van der Waals surface area contributed by atoms with E-state index in [1.807, 2.05) is 38.1 Å². The lowest BCUT2D eigenvalue weighted by Crippen LogP contribution is -2.10. The topological polar surface area (TPSA) is 60.5 Å². The van der Waals surface area contributed by atoms with Crippen LogP contribution in [0.25, 0.3) is 0 Å². The van der Waals surface area contributed by atoms with Gasteiger partial charge in [0.25, 0.3) is 0 Å². The standard InChI is InChI=1S/C15H15BrN2O3.C2H6/c1-20-12-5-3-10(4-6-12)8-17-13-7-11(16)9-18-14(13)15(19)21-2;1-2/h3-7,9,17H,8H2,1-2H3;1-2H3. The number of nitrogens with zero attached hydrogens (tertiary/aromatic N) is 1. The first-order valence-electron chi connectivity index (χ1n) is 7.24. The Morgan fingerprint density at radius 3 is 2.43 bits per heavy atom. The number of benzene rings is 1. The SMILES string of the molecule is CC.COC(=O)c1ncc(Br)cc1NCc1ccc(OC)cc1. The van der Waals surface area contributed by atoms with Gasteiger partial charge < -0.3 is 14.8 Å². The van der Waals surface area contributed by atoms with Crippen molar-refractivity contribution in [3.8, 4) is 5.75 Å². The van der Waals surface area contributed by atoms with E-state index in [1.54, 1.807) is 19.4 Å². The van der Waals surface area contributed by atoms with Crippen LogP contribution in [-0.4, -0.2) is 25.2 Å². The fourth-order valence-electron chi connectivity index (χ4n) is 1.77. The number of aromatic nitrogens is 1. The minimum absolute atomic E-state index is 0.259. The average Bonchev–Trinajstić information content (AvgIpc) is 2.61. The number of pyridine rings is 1. The zero-order valence-corrected chi connectivity index (χ0v) is 15.3. The van der Waals surface area contributed by atoms with Gasteiger partial charge in [0.2, 0.25) is 0 Å². The quantitative estimate of drug-likeness (QED) is 0.784. The molecule has 5 nitrogen and oxygen atoms in total. The zero-order valence-electron chi connectivity index (χ0n) is 13.7. The Kier molecular flexibility index (Phi) is 8.11. The molecule has 0 saturated heterocycles. The highest BCUT2D eigenvalue weighted by Crippen LogP contribution is 2.21. The molecule has 0 spiro atoms. The van der Waals surface area contributed by atoms with Gasteiger partial charge in [-0.2, -0.15) is 0 Å². The number of rotatable bonds is 5. The molecule has 0 unspecified atom stereocenters. The van der Waals surface area contributed by atoms with E-state index < -0.39 is 5.97 Å². The second-order valence-electron chi connectivity index (χ2n) is 4.24. The van der Waals surface area contributed by atoms with E-state index in [-0.39, 0.29) is 5.69 Å². The van der Waals surface area contributed by atoms with Crippen molar-refractivity contribution >= 4 is 27.6 Å². The molecule has 0 radical (unpaired) electrons. The van der Waals surface area contributed by atoms with Gasteiger partial charge in [0, 0.05) is 17.2 Å². The van der Waals surface area contributed by atoms with E-state index in [2.05, 4.69) is 26.2 Å². The predicted molar refractivity (Wildman–Crippen MR) is 94.9 cm³/mol. The number of anilines is 1. The van der Waals surface area contributed by atoms with E-state index in [1.165, 1.54) is 7.11 Å². The molecule has 1 aromatic carbocycles. The van der Waals surface area contributed by atoms with E-state index in [9.17, 15) is 4.79 Å². The molecule has 0 aliphatic heterocycles. The Balaban J connectivity index is 0.00000127. The van der Waals surface area contributed by atoms with Crippen molar-refractivity contribution in [2.45, 2.75) is 20.4 Å². The molecule has 23 heavy (non-hydrogen) atoms. The van der Waals surface area contributed by atoms with Crippen molar-refractivity contribution in [3.63, 3.8) is 0 Å². The summed E-state index contributed by atoms with van der Waals surface area (Å²) in [6.45, 7) is 4.56. The minimum Gasteiger partial charge on any atom is -0.497 e. The lowest BCUT2D eigenvalue weighted by Gasteiger charge is -2.11. The summed E-state index contributed by atoms with van der Waals surface area (Å²) in [5.74, 6) is 0.331. The number of nitrogens with one attached hydrogen (secondary N) is 1. The summed E-state index contributed by atoms with van der Waals surface area (Å²) in [6.07, 6.45) is 1.56. The first kappa shape index (κ1) is 19.0. The summed E-state index contributed by atoms with van der Waals surface area (Å²) in [5, 5.41) is 3.19. The lowest BCUT2D eigenvalue weighted by atomic mass is 10.2. The van der Waals surface area contributed by atoms with E-state index in [4.69, 9.17) is 9.47 Å². The third kappa shape index (κ3) is 5.56. The van der Waals surface area contributed by atoms with Gasteiger partial charge in [-0.15, -0.1) is 0 Å². The van der Waals surface area contributed by atoms with Crippen LogP contribution in [0.3, 0.4) is 0 Å². The highest BCUT2D eigenvalue weighted by molar-refractivity contribution is 9.10. The molecule has 0 aliphatic carbocycles. The number of hydrogen-bond acceptors (Lipinski definition) is 5. The van der Waals surface area contributed by atoms with Crippen LogP contribution in [0.5, 0.6) is 5.75 Å². The number of halogens is 1. The molecule has 0 atom stereocenters. The van der Waals surface area contributed by atoms with Gasteiger partial charge in [-0.3, -0.25) is 0 Å². The van der Waals surface area contributed by atoms with Crippen molar-refractivity contribution in [2.75, 3.05) is 19.5 Å². The molecule has 0 amide bonds. The van der Waals surface area contributed by atoms with Crippen molar-refractivity contribution < 1.29 is 14.3 Å². The molecule has 1 N–H and O–H groups in total. The molecule has 0 fully saturated rings. The molecule has 6 heteroatoms. The Bertz CT molecular complexity index is 630. The van der Waals surface area contributed by atoms with E-state index in [0.717, 1.165) is 15.8 Å². The summed E-state index contributed by atoms with van der Waals surface area (Å²) in [5.41, 5.74) is 1.94. The normalized spacial score (nSPS) is 9.43. The van der Waals surface area contributed by atoms with E-state index >= 15 is 0 Å². The molecule has 124 valence electrons. The van der Waals surface area contributed by atoms with Gasteiger partial charge in [0.05, 0.1) is 19.9 Å². The maximum Gasteiger partial charge on any atom is 0.358 e. The predicted octanol–water partition coefficient (Wildman–Crippen LogP) is 4.28. The number of carbonyl (C=O) groups excluding carboxylic acids is 1. The number of ether oxygens (including phenoxy) is 2. The molecule has 2 rings (SSSR count). The monoisotopic (exact) mass is 380 g/mol.